The number of aromatic nitrogens is 3. The Kier molecular flexibility index (Phi) is 5.21. The maximum Gasteiger partial charge on any atom is 0.254 e. The summed E-state index contributed by atoms with van der Waals surface area (Å²) in [7, 11) is 0. The Morgan fingerprint density at radius 1 is 1.36 bits per heavy atom. The highest BCUT2D eigenvalue weighted by Crippen LogP contribution is 2.31. The first-order chi connectivity index (χ1) is 12.0. The lowest BCUT2D eigenvalue weighted by molar-refractivity contribution is 0.420. The molecule has 2 atom stereocenters. The largest absolute Gasteiger partial charge is 0.353 e. The minimum absolute atomic E-state index is 0.0837. The van der Waals surface area contributed by atoms with Crippen LogP contribution in [0.1, 0.15) is 50.8 Å². The van der Waals surface area contributed by atoms with Crippen molar-refractivity contribution in [3.05, 3.63) is 39.9 Å². The van der Waals surface area contributed by atoms with Gasteiger partial charge in [-0.25, -0.2) is 9.97 Å². The summed E-state index contributed by atoms with van der Waals surface area (Å²) in [6, 6.07) is 4.65. The molecule has 5 nitrogen and oxygen atoms in total. The number of pyridine rings is 1. The average molecular weight is 340 g/mol. The van der Waals surface area contributed by atoms with Gasteiger partial charge in [0.2, 0.25) is 0 Å². The van der Waals surface area contributed by atoms with Crippen LogP contribution in [0, 0.1) is 19.8 Å². The van der Waals surface area contributed by atoms with Crippen molar-refractivity contribution in [2.45, 2.75) is 59.4 Å². The molecule has 1 N–H and O–H groups in total. The Morgan fingerprint density at radius 3 is 2.80 bits per heavy atom. The first-order valence-corrected chi connectivity index (χ1v) is 9.31. The Morgan fingerprint density at radius 2 is 2.16 bits per heavy atom. The monoisotopic (exact) mass is 340 g/mol. The summed E-state index contributed by atoms with van der Waals surface area (Å²) in [4.78, 5) is 26.4. The summed E-state index contributed by atoms with van der Waals surface area (Å²) in [6.45, 7) is 9.33. The predicted molar refractivity (Wildman–Crippen MR) is 102 cm³/mol. The molecule has 0 radical (unpaired) electrons. The number of H-pyrrole nitrogens is 1. The molecule has 5 heteroatoms. The number of nitrogens with one attached hydrogen (secondary N) is 1. The van der Waals surface area contributed by atoms with Crippen molar-refractivity contribution in [2.75, 3.05) is 11.4 Å². The molecule has 25 heavy (non-hydrogen) atoms. The van der Waals surface area contributed by atoms with Crippen LogP contribution in [0.3, 0.4) is 0 Å². The zero-order valence-electron chi connectivity index (χ0n) is 15.7. The van der Waals surface area contributed by atoms with Gasteiger partial charge in [0.1, 0.15) is 11.6 Å². The van der Waals surface area contributed by atoms with Gasteiger partial charge in [-0.05, 0) is 51.2 Å². The number of aromatic amines is 1. The molecule has 3 heterocycles. The first kappa shape index (κ1) is 17.6. The Labute approximate surface area is 149 Å². The van der Waals surface area contributed by atoms with Crippen molar-refractivity contribution >= 4 is 5.82 Å². The molecule has 1 aliphatic heterocycles. The fourth-order valence-corrected chi connectivity index (χ4v) is 3.79. The molecule has 0 spiro atoms. The second-order valence-electron chi connectivity index (χ2n) is 7.20. The number of anilines is 1. The van der Waals surface area contributed by atoms with Crippen LogP contribution in [-0.4, -0.2) is 27.5 Å². The highest BCUT2D eigenvalue weighted by Gasteiger charge is 2.29. The summed E-state index contributed by atoms with van der Waals surface area (Å²) in [5, 5.41) is 0. The van der Waals surface area contributed by atoms with Crippen molar-refractivity contribution in [3.8, 4) is 11.4 Å². The maximum atomic E-state index is 12.0. The van der Waals surface area contributed by atoms with Gasteiger partial charge in [0.05, 0.1) is 0 Å². The molecular weight excluding hydrogens is 312 g/mol. The van der Waals surface area contributed by atoms with Gasteiger partial charge in [-0.3, -0.25) is 4.79 Å². The van der Waals surface area contributed by atoms with Crippen molar-refractivity contribution in [2.24, 2.45) is 5.92 Å². The van der Waals surface area contributed by atoms with Gasteiger partial charge in [-0.1, -0.05) is 20.3 Å². The van der Waals surface area contributed by atoms with Crippen LogP contribution < -0.4 is 10.5 Å². The van der Waals surface area contributed by atoms with Gasteiger partial charge in [-0.2, -0.15) is 0 Å². The third kappa shape index (κ3) is 3.60. The summed E-state index contributed by atoms with van der Waals surface area (Å²) < 4.78 is 0. The molecule has 3 rings (SSSR count). The molecule has 2 aromatic heterocycles. The van der Waals surface area contributed by atoms with E-state index >= 15 is 0 Å². The molecular formula is C20H28N4O. The summed E-state index contributed by atoms with van der Waals surface area (Å²) >= 11 is 0. The first-order valence-electron chi connectivity index (χ1n) is 9.31. The molecule has 1 fully saturated rings. The van der Waals surface area contributed by atoms with Gasteiger partial charge in [0.25, 0.3) is 5.56 Å². The predicted octanol–water partition coefficient (Wildman–Crippen LogP) is 3.85. The molecule has 2 aromatic rings. The van der Waals surface area contributed by atoms with Crippen LogP contribution in [0.15, 0.2) is 23.1 Å². The highest BCUT2D eigenvalue weighted by atomic mass is 16.1. The third-order valence-electron chi connectivity index (χ3n) is 5.41. The number of nitrogens with zero attached hydrogens (tertiary/aromatic N) is 3. The second kappa shape index (κ2) is 7.38. The number of aryl methyl sites for hydroxylation is 1. The van der Waals surface area contributed by atoms with Crippen LogP contribution in [0.4, 0.5) is 5.82 Å². The molecule has 2 unspecified atom stereocenters. The van der Waals surface area contributed by atoms with Gasteiger partial charge in [0, 0.05) is 35.6 Å². The van der Waals surface area contributed by atoms with Crippen molar-refractivity contribution < 1.29 is 0 Å². The fourth-order valence-electron chi connectivity index (χ4n) is 3.79. The SMILES string of the molecule is CCCC(C)C1CCCN1c1ccc(-c2nc(C)c(C)c(=O)[nH]2)cn1. The Hall–Kier alpha value is -2.17. The minimum atomic E-state index is -0.0837. The number of hydrogen-bond donors (Lipinski definition) is 1. The van der Waals surface area contributed by atoms with E-state index in [2.05, 4.69) is 39.8 Å². The molecule has 1 aliphatic rings. The topological polar surface area (TPSA) is 61.9 Å². The lowest BCUT2D eigenvalue weighted by Crippen LogP contribution is -2.35. The average Bonchev–Trinajstić information content (AvgIpc) is 3.09. The second-order valence-corrected chi connectivity index (χ2v) is 7.20. The summed E-state index contributed by atoms with van der Waals surface area (Å²) in [5.41, 5.74) is 2.19. The van der Waals surface area contributed by atoms with Gasteiger partial charge in [-0.15, -0.1) is 0 Å². The van der Waals surface area contributed by atoms with Crippen LogP contribution in [0.25, 0.3) is 11.4 Å². The Balaban J connectivity index is 1.84. The summed E-state index contributed by atoms with van der Waals surface area (Å²) in [5.74, 6) is 2.30. The molecule has 0 aromatic carbocycles. The number of rotatable bonds is 5. The van der Waals surface area contributed by atoms with Crippen molar-refractivity contribution in [3.63, 3.8) is 0 Å². The van der Waals surface area contributed by atoms with E-state index in [4.69, 9.17) is 0 Å². The molecule has 0 amide bonds. The molecule has 0 saturated carbocycles. The standard InChI is InChI=1S/C20H28N4O/c1-5-7-13(2)17-8-6-11-24(17)18-10-9-16(12-21-18)19-22-15(4)14(3)20(25)23-19/h9-10,12-13,17H,5-8,11H2,1-4H3,(H,22,23,25). The fraction of sp³-hybridized carbons (Fsp3) is 0.550. The molecule has 1 saturated heterocycles. The van der Waals surface area contributed by atoms with Gasteiger partial charge >= 0.3 is 0 Å². The zero-order chi connectivity index (χ0) is 18.0. The summed E-state index contributed by atoms with van der Waals surface area (Å²) in [6.07, 6.45) is 6.78. The van der Waals surface area contributed by atoms with Gasteiger partial charge in [0.15, 0.2) is 0 Å². The third-order valence-corrected chi connectivity index (χ3v) is 5.41. The Bertz CT molecular complexity index is 781. The van der Waals surface area contributed by atoms with Crippen molar-refractivity contribution in [1.82, 2.24) is 15.0 Å². The van der Waals surface area contributed by atoms with E-state index in [1.54, 1.807) is 6.92 Å². The van der Waals surface area contributed by atoms with E-state index in [0.717, 1.165) is 23.6 Å². The van der Waals surface area contributed by atoms with E-state index in [1.807, 2.05) is 19.2 Å². The van der Waals surface area contributed by atoms with Crippen LogP contribution in [0.2, 0.25) is 0 Å². The van der Waals surface area contributed by atoms with E-state index in [-0.39, 0.29) is 5.56 Å². The molecule has 0 aliphatic carbocycles. The lowest BCUT2D eigenvalue weighted by atomic mass is 9.95. The lowest BCUT2D eigenvalue weighted by Gasteiger charge is -2.30. The van der Waals surface area contributed by atoms with E-state index in [9.17, 15) is 4.79 Å². The van der Waals surface area contributed by atoms with Crippen LogP contribution >= 0.6 is 0 Å². The van der Waals surface area contributed by atoms with E-state index in [1.165, 1.54) is 25.7 Å². The smallest absolute Gasteiger partial charge is 0.254 e. The highest BCUT2D eigenvalue weighted by molar-refractivity contribution is 5.57. The molecule has 0 bridgehead atoms. The maximum absolute atomic E-state index is 12.0. The normalized spacial score (nSPS) is 18.6. The minimum Gasteiger partial charge on any atom is -0.353 e. The van der Waals surface area contributed by atoms with E-state index in [0.29, 0.717) is 23.3 Å². The number of hydrogen-bond acceptors (Lipinski definition) is 4. The molecule has 134 valence electrons. The van der Waals surface area contributed by atoms with Crippen LogP contribution in [-0.2, 0) is 0 Å². The van der Waals surface area contributed by atoms with Gasteiger partial charge < -0.3 is 9.88 Å². The quantitative estimate of drug-likeness (QED) is 0.898. The van der Waals surface area contributed by atoms with Crippen molar-refractivity contribution in [1.29, 1.82) is 0 Å². The van der Waals surface area contributed by atoms with Crippen LogP contribution in [0.5, 0.6) is 0 Å². The van der Waals surface area contributed by atoms with E-state index < -0.39 is 0 Å². The zero-order valence-corrected chi connectivity index (χ0v) is 15.7.